The maximum Gasteiger partial charge on any atom is 0.193 e. The minimum absolute atomic E-state index is 0. The van der Waals surface area contributed by atoms with Crippen LogP contribution < -0.4 is 11.1 Å². The number of benzene rings is 2. The molecule has 2 aromatic carbocycles. The Bertz CT molecular complexity index is 646. The summed E-state index contributed by atoms with van der Waals surface area (Å²) >= 11 is 0. The number of guanidine groups is 1. The third kappa shape index (κ3) is 7.88. The SMILES string of the molecule is CCc1cccc(NC(N)=NCCCOC(C)c2ccccc2)c1.I. The Morgan fingerprint density at radius 1 is 1.16 bits per heavy atom. The van der Waals surface area contributed by atoms with Crippen molar-refractivity contribution in [2.75, 3.05) is 18.5 Å². The largest absolute Gasteiger partial charge is 0.374 e. The molecule has 2 rings (SSSR count). The molecule has 0 amide bonds. The van der Waals surface area contributed by atoms with Crippen LogP contribution in [0.5, 0.6) is 0 Å². The molecule has 25 heavy (non-hydrogen) atoms. The maximum atomic E-state index is 5.93. The third-order valence-corrected chi connectivity index (χ3v) is 3.83. The lowest BCUT2D eigenvalue weighted by Crippen LogP contribution is -2.23. The van der Waals surface area contributed by atoms with E-state index in [1.165, 1.54) is 11.1 Å². The van der Waals surface area contributed by atoms with Gasteiger partial charge >= 0.3 is 0 Å². The summed E-state index contributed by atoms with van der Waals surface area (Å²) < 4.78 is 5.83. The second kappa shape index (κ2) is 11.9. The second-order valence-corrected chi connectivity index (χ2v) is 5.72. The molecule has 0 saturated carbocycles. The number of anilines is 1. The van der Waals surface area contributed by atoms with Gasteiger partial charge in [0, 0.05) is 18.8 Å². The number of ether oxygens (including phenoxy) is 1. The maximum absolute atomic E-state index is 5.93. The van der Waals surface area contributed by atoms with Gasteiger partial charge in [0.05, 0.1) is 6.10 Å². The van der Waals surface area contributed by atoms with E-state index in [-0.39, 0.29) is 30.1 Å². The van der Waals surface area contributed by atoms with E-state index in [9.17, 15) is 0 Å². The van der Waals surface area contributed by atoms with Gasteiger partial charge in [0.1, 0.15) is 0 Å². The van der Waals surface area contributed by atoms with Gasteiger partial charge < -0.3 is 15.8 Å². The number of rotatable bonds is 8. The Labute approximate surface area is 167 Å². The van der Waals surface area contributed by atoms with E-state index in [0.717, 1.165) is 18.5 Å². The fourth-order valence-electron chi connectivity index (χ4n) is 2.40. The second-order valence-electron chi connectivity index (χ2n) is 5.72. The zero-order chi connectivity index (χ0) is 17.2. The lowest BCUT2D eigenvalue weighted by molar-refractivity contribution is 0.0652. The van der Waals surface area contributed by atoms with Gasteiger partial charge in [-0.1, -0.05) is 49.4 Å². The van der Waals surface area contributed by atoms with Crippen LogP contribution in [0.3, 0.4) is 0 Å². The molecule has 3 N–H and O–H groups in total. The van der Waals surface area contributed by atoms with Crippen molar-refractivity contribution in [1.82, 2.24) is 0 Å². The first kappa shape index (κ1) is 21.4. The van der Waals surface area contributed by atoms with Crippen LogP contribution in [0.25, 0.3) is 0 Å². The first-order valence-electron chi connectivity index (χ1n) is 8.51. The molecule has 0 aliphatic carbocycles. The fourth-order valence-corrected chi connectivity index (χ4v) is 2.40. The molecule has 5 heteroatoms. The van der Waals surface area contributed by atoms with Crippen molar-refractivity contribution in [2.24, 2.45) is 10.7 Å². The summed E-state index contributed by atoms with van der Waals surface area (Å²) in [7, 11) is 0. The standard InChI is InChI=1S/C20H27N3O.HI/c1-3-17-9-7-12-19(15-17)23-20(21)22-13-8-14-24-16(2)18-10-5-4-6-11-18;/h4-7,9-12,15-16H,3,8,13-14H2,1-2H3,(H3,21,22,23);1H. The van der Waals surface area contributed by atoms with Gasteiger partial charge in [-0.2, -0.15) is 0 Å². The smallest absolute Gasteiger partial charge is 0.193 e. The molecule has 0 saturated heterocycles. The number of halogens is 1. The van der Waals surface area contributed by atoms with Gasteiger partial charge in [0.2, 0.25) is 0 Å². The highest BCUT2D eigenvalue weighted by Gasteiger charge is 2.04. The van der Waals surface area contributed by atoms with Crippen LogP contribution in [0.4, 0.5) is 5.69 Å². The van der Waals surface area contributed by atoms with Crippen LogP contribution in [0.15, 0.2) is 59.6 Å². The molecule has 0 radical (unpaired) electrons. The Morgan fingerprint density at radius 2 is 1.92 bits per heavy atom. The minimum Gasteiger partial charge on any atom is -0.374 e. The number of hydrogen-bond acceptors (Lipinski definition) is 2. The summed E-state index contributed by atoms with van der Waals surface area (Å²) in [5.74, 6) is 0.444. The van der Waals surface area contributed by atoms with Crippen molar-refractivity contribution < 1.29 is 4.74 Å². The first-order chi connectivity index (χ1) is 11.7. The quantitative estimate of drug-likeness (QED) is 0.262. The van der Waals surface area contributed by atoms with Crippen molar-refractivity contribution in [2.45, 2.75) is 32.8 Å². The van der Waals surface area contributed by atoms with E-state index in [0.29, 0.717) is 19.1 Å². The predicted molar refractivity (Wildman–Crippen MR) is 117 cm³/mol. The number of hydrogen-bond donors (Lipinski definition) is 2. The summed E-state index contributed by atoms with van der Waals surface area (Å²) in [5, 5.41) is 3.13. The van der Waals surface area contributed by atoms with E-state index < -0.39 is 0 Å². The van der Waals surface area contributed by atoms with Crippen LogP contribution in [0.2, 0.25) is 0 Å². The molecule has 0 aromatic heterocycles. The molecule has 0 aliphatic heterocycles. The summed E-state index contributed by atoms with van der Waals surface area (Å²) in [4.78, 5) is 4.35. The van der Waals surface area contributed by atoms with Crippen molar-refractivity contribution >= 4 is 35.6 Å². The molecule has 4 nitrogen and oxygen atoms in total. The molecule has 0 bridgehead atoms. The first-order valence-corrected chi connectivity index (χ1v) is 8.51. The van der Waals surface area contributed by atoms with E-state index in [4.69, 9.17) is 10.5 Å². The van der Waals surface area contributed by atoms with E-state index in [1.807, 2.05) is 30.3 Å². The number of aryl methyl sites for hydroxylation is 1. The summed E-state index contributed by atoms with van der Waals surface area (Å²) in [6.45, 7) is 5.51. The molecule has 2 aromatic rings. The lowest BCUT2D eigenvalue weighted by Gasteiger charge is -2.13. The molecule has 1 unspecified atom stereocenters. The topological polar surface area (TPSA) is 59.6 Å². The van der Waals surface area contributed by atoms with E-state index in [1.54, 1.807) is 0 Å². The van der Waals surface area contributed by atoms with Gasteiger partial charge in [-0.3, -0.25) is 4.99 Å². The molecule has 1 atom stereocenters. The van der Waals surface area contributed by atoms with Crippen LogP contribution in [-0.4, -0.2) is 19.1 Å². The van der Waals surface area contributed by atoms with Gasteiger partial charge in [-0.15, -0.1) is 24.0 Å². The van der Waals surface area contributed by atoms with Crippen molar-refractivity contribution in [3.05, 3.63) is 65.7 Å². The Kier molecular flexibility index (Phi) is 10.2. The third-order valence-electron chi connectivity index (χ3n) is 3.83. The van der Waals surface area contributed by atoms with Gasteiger partial charge in [0.25, 0.3) is 0 Å². The number of nitrogens with two attached hydrogens (primary N) is 1. The molecule has 0 fully saturated rings. The fraction of sp³-hybridized carbons (Fsp3) is 0.350. The monoisotopic (exact) mass is 453 g/mol. The molecule has 0 aliphatic rings. The predicted octanol–water partition coefficient (Wildman–Crippen LogP) is 4.76. The highest BCUT2D eigenvalue weighted by Crippen LogP contribution is 2.15. The van der Waals surface area contributed by atoms with Gasteiger partial charge in [-0.05, 0) is 43.0 Å². The Morgan fingerprint density at radius 3 is 2.64 bits per heavy atom. The molecular formula is C20H28IN3O. The molecular weight excluding hydrogens is 425 g/mol. The zero-order valence-electron chi connectivity index (χ0n) is 14.9. The van der Waals surface area contributed by atoms with Crippen LogP contribution >= 0.6 is 24.0 Å². The average molecular weight is 453 g/mol. The Balaban J connectivity index is 0.00000312. The van der Waals surface area contributed by atoms with Crippen molar-refractivity contribution in [3.8, 4) is 0 Å². The number of aliphatic imine (C=N–C) groups is 1. The molecule has 0 heterocycles. The summed E-state index contributed by atoms with van der Waals surface area (Å²) in [6.07, 6.45) is 1.94. The van der Waals surface area contributed by atoms with E-state index in [2.05, 4.69) is 48.4 Å². The van der Waals surface area contributed by atoms with Crippen molar-refractivity contribution in [3.63, 3.8) is 0 Å². The minimum atomic E-state index is 0. The summed E-state index contributed by atoms with van der Waals surface area (Å²) in [5.41, 5.74) is 9.37. The molecule has 136 valence electrons. The normalized spacial score (nSPS) is 12.3. The van der Waals surface area contributed by atoms with Crippen LogP contribution in [0, 0.1) is 0 Å². The van der Waals surface area contributed by atoms with Crippen LogP contribution in [0.1, 0.15) is 37.5 Å². The van der Waals surface area contributed by atoms with Crippen LogP contribution in [-0.2, 0) is 11.2 Å². The zero-order valence-corrected chi connectivity index (χ0v) is 17.3. The van der Waals surface area contributed by atoms with Gasteiger partial charge in [0.15, 0.2) is 5.96 Å². The highest BCUT2D eigenvalue weighted by molar-refractivity contribution is 14.0. The number of nitrogens with one attached hydrogen (secondary N) is 1. The average Bonchev–Trinajstić information content (AvgIpc) is 2.62. The van der Waals surface area contributed by atoms with Gasteiger partial charge in [-0.25, -0.2) is 0 Å². The highest BCUT2D eigenvalue weighted by atomic mass is 127. The van der Waals surface area contributed by atoms with Crippen molar-refractivity contribution in [1.29, 1.82) is 0 Å². The van der Waals surface area contributed by atoms with E-state index >= 15 is 0 Å². The lowest BCUT2D eigenvalue weighted by atomic mass is 10.1. The summed E-state index contributed by atoms with van der Waals surface area (Å²) in [6, 6.07) is 18.4. The molecule has 0 spiro atoms. The Hall–Kier alpha value is -1.60. The number of nitrogens with zero attached hydrogens (tertiary/aromatic N) is 1.